The van der Waals surface area contributed by atoms with Crippen molar-refractivity contribution in [1.82, 2.24) is 4.90 Å². The Hall–Kier alpha value is -1.17. The fourth-order valence-electron chi connectivity index (χ4n) is 2.46. The van der Waals surface area contributed by atoms with Crippen LogP contribution >= 0.6 is 11.6 Å². The minimum atomic E-state index is -0.844. The van der Waals surface area contributed by atoms with Gasteiger partial charge in [0.2, 0.25) is 0 Å². The summed E-state index contributed by atoms with van der Waals surface area (Å²) in [5.41, 5.74) is 0.604. The molecule has 1 aliphatic rings. The first-order valence-corrected chi connectivity index (χ1v) is 7.42. The van der Waals surface area contributed by atoms with E-state index in [1.165, 1.54) is 0 Å². The second-order valence-electron chi connectivity index (χ2n) is 5.20. The SMILES string of the molecule is O=C(O)CCOC1CCN(Cc2cccc(Cl)c2F)CC1. The molecule has 0 amide bonds. The molecule has 1 aromatic carbocycles. The van der Waals surface area contributed by atoms with Gasteiger partial charge in [-0.2, -0.15) is 0 Å². The van der Waals surface area contributed by atoms with E-state index in [1.807, 2.05) is 0 Å². The van der Waals surface area contributed by atoms with E-state index in [4.69, 9.17) is 21.4 Å². The van der Waals surface area contributed by atoms with Crippen molar-refractivity contribution in [3.63, 3.8) is 0 Å². The molecule has 2 rings (SSSR count). The lowest BCUT2D eigenvalue weighted by Gasteiger charge is -2.31. The van der Waals surface area contributed by atoms with Gasteiger partial charge in [-0.3, -0.25) is 9.69 Å². The van der Waals surface area contributed by atoms with E-state index >= 15 is 0 Å². The van der Waals surface area contributed by atoms with Crippen molar-refractivity contribution >= 4 is 17.6 Å². The lowest BCUT2D eigenvalue weighted by Crippen LogP contribution is -2.37. The largest absolute Gasteiger partial charge is 0.481 e. The standard InChI is InChI=1S/C15H19ClFNO3/c16-13-3-1-2-11(15(13)17)10-18-7-4-12(5-8-18)21-9-6-14(19)20/h1-3,12H,4-10H2,(H,19,20). The minimum Gasteiger partial charge on any atom is -0.481 e. The highest BCUT2D eigenvalue weighted by Gasteiger charge is 2.21. The fourth-order valence-corrected chi connectivity index (χ4v) is 2.65. The zero-order valence-corrected chi connectivity index (χ0v) is 12.5. The third-order valence-corrected chi connectivity index (χ3v) is 3.92. The molecular weight excluding hydrogens is 297 g/mol. The number of hydrogen-bond donors (Lipinski definition) is 1. The van der Waals surface area contributed by atoms with Gasteiger partial charge in [0, 0.05) is 25.2 Å². The number of ether oxygens (including phenoxy) is 1. The number of hydrogen-bond acceptors (Lipinski definition) is 3. The average Bonchev–Trinajstić information content (AvgIpc) is 2.45. The van der Waals surface area contributed by atoms with Gasteiger partial charge in [0.05, 0.1) is 24.2 Å². The highest BCUT2D eigenvalue weighted by Crippen LogP contribution is 2.21. The van der Waals surface area contributed by atoms with Crippen molar-refractivity contribution in [2.24, 2.45) is 0 Å². The van der Waals surface area contributed by atoms with E-state index in [0.717, 1.165) is 25.9 Å². The van der Waals surface area contributed by atoms with Crippen LogP contribution in [0.4, 0.5) is 4.39 Å². The molecule has 116 valence electrons. The van der Waals surface area contributed by atoms with Crippen LogP contribution in [-0.4, -0.2) is 41.8 Å². The quantitative estimate of drug-likeness (QED) is 0.877. The molecule has 0 spiro atoms. The number of piperidine rings is 1. The Morgan fingerprint density at radius 2 is 2.14 bits per heavy atom. The molecule has 1 heterocycles. The van der Waals surface area contributed by atoms with Crippen LogP contribution in [0, 0.1) is 5.82 Å². The lowest BCUT2D eigenvalue weighted by atomic mass is 10.1. The molecule has 0 radical (unpaired) electrons. The molecule has 0 saturated carbocycles. The second-order valence-corrected chi connectivity index (χ2v) is 5.61. The summed E-state index contributed by atoms with van der Waals surface area (Å²) < 4.78 is 19.4. The Morgan fingerprint density at radius 3 is 2.81 bits per heavy atom. The zero-order chi connectivity index (χ0) is 15.2. The summed E-state index contributed by atoms with van der Waals surface area (Å²) in [5, 5.41) is 8.72. The van der Waals surface area contributed by atoms with Crippen molar-refractivity contribution in [1.29, 1.82) is 0 Å². The maximum absolute atomic E-state index is 13.8. The van der Waals surface area contributed by atoms with Gasteiger partial charge in [0.1, 0.15) is 5.82 Å². The van der Waals surface area contributed by atoms with Crippen molar-refractivity contribution in [3.8, 4) is 0 Å². The molecule has 1 aromatic rings. The van der Waals surface area contributed by atoms with Gasteiger partial charge in [-0.25, -0.2) is 4.39 Å². The van der Waals surface area contributed by atoms with Crippen LogP contribution in [-0.2, 0) is 16.1 Å². The summed E-state index contributed by atoms with van der Waals surface area (Å²) in [6.45, 7) is 2.41. The van der Waals surface area contributed by atoms with E-state index in [0.29, 0.717) is 12.1 Å². The first-order valence-electron chi connectivity index (χ1n) is 7.05. The summed E-state index contributed by atoms with van der Waals surface area (Å²) in [6, 6.07) is 5.04. The van der Waals surface area contributed by atoms with E-state index in [1.54, 1.807) is 18.2 Å². The van der Waals surface area contributed by atoms with Gasteiger partial charge in [0.15, 0.2) is 0 Å². The van der Waals surface area contributed by atoms with Crippen LogP contribution in [0.1, 0.15) is 24.8 Å². The van der Waals surface area contributed by atoms with Gasteiger partial charge in [-0.15, -0.1) is 0 Å². The Balaban J connectivity index is 1.76. The van der Waals surface area contributed by atoms with E-state index in [2.05, 4.69) is 4.90 Å². The normalized spacial score (nSPS) is 17.0. The molecule has 0 atom stereocenters. The molecule has 1 fully saturated rings. The molecule has 1 saturated heterocycles. The Morgan fingerprint density at radius 1 is 1.43 bits per heavy atom. The van der Waals surface area contributed by atoms with Gasteiger partial charge >= 0.3 is 5.97 Å². The van der Waals surface area contributed by atoms with Crippen LogP contribution in [0.5, 0.6) is 0 Å². The fraction of sp³-hybridized carbons (Fsp3) is 0.533. The molecule has 1 N–H and O–H groups in total. The predicted molar refractivity (Wildman–Crippen MR) is 77.9 cm³/mol. The van der Waals surface area contributed by atoms with Gasteiger partial charge in [-0.1, -0.05) is 23.7 Å². The summed E-state index contributed by atoms with van der Waals surface area (Å²) in [6.07, 6.45) is 1.81. The Bertz CT molecular complexity index is 490. The molecule has 0 aliphatic carbocycles. The highest BCUT2D eigenvalue weighted by molar-refractivity contribution is 6.30. The van der Waals surface area contributed by atoms with Crippen LogP contribution < -0.4 is 0 Å². The topological polar surface area (TPSA) is 49.8 Å². The number of rotatable bonds is 6. The third-order valence-electron chi connectivity index (χ3n) is 3.63. The van der Waals surface area contributed by atoms with Crippen molar-refractivity contribution in [2.45, 2.75) is 31.9 Å². The maximum Gasteiger partial charge on any atom is 0.305 e. The molecule has 1 aliphatic heterocycles. The molecule has 21 heavy (non-hydrogen) atoms. The first-order chi connectivity index (χ1) is 10.1. The number of likely N-dealkylation sites (tertiary alicyclic amines) is 1. The third kappa shape index (κ3) is 4.95. The monoisotopic (exact) mass is 315 g/mol. The molecule has 0 aromatic heterocycles. The van der Waals surface area contributed by atoms with Crippen LogP contribution in [0.3, 0.4) is 0 Å². The van der Waals surface area contributed by atoms with E-state index in [9.17, 15) is 9.18 Å². The number of aliphatic carboxylic acids is 1. The van der Waals surface area contributed by atoms with Gasteiger partial charge < -0.3 is 9.84 Å². The number of carboxylic acids is 1. The van der Waals surface area contributed by atoms with Crippen LogP contribution in [0.15, 0.2) is 18.2 Å². The Labute approximate surface area is 128 Å². The number of nitrogens with zero attached hydrogens (tertiary/aromatic N) is 1. The molecule has 6 heteroatoms. The average molecular weight is 316 g/mol. The van der Waals surface area contributed by atoms with Crippen molar-refractivity contribution in [2.75, 3.05) is 19.7 Å². The van der Waals surface area contributed by atoms with Crippen molar-refractivity contribution < 1.29 is 19.0 Å². The molecule has 0 bridgehead atoms. The lowest BCUT2D eigenvalue weighted by molar-refractivity contribution is -0.138. The summed E-state index contributed by atoms with van der Waals surface area (Å²) in [5.74, 6) is -1.19. The summed E-state index contributed by atoms with van der Waals surface area (Å²) >= 11 is 5.78. The summed E-state index contributed by atoms with van der Waals surface area (Å²) in [4.78, 5) is 12.6. The van der Waals surface area contributed by atoms with Crippen molar-refractivity contribution in [3.05, 3.63) is 34.6 Å². The molecular formula is C15H19ClFNO3. The number of carbonyl (C=O) groups is 1. The second kappa shape index (κ2) is 7.73. The van der Waals surface area contributed by atoms with E-state index in [-0.39, 0.29) is 30.0 Å². The maximum atomic E-state index is 13.8. The number of carboxylic acid groups (broad SMARTS) is 1. The first kappa shape index (κ1) is 16.2. The molecule has 4 nitrogen and oxygen atoms in total. The van der Waals surface area contributed by atoms with Gasteiger partial charge in [0.25, 0.3) is 0 Å². The zero-order valence-electron chi connectivity index (χ0n) is 11.7. The highest BCUT2D eigenvalue weighted by atomic mass is 35.5. The van der Waals surface area contributed by atoms with Crippen LogP contribution in [0.2, 0.25) is 5.02 Å². The van der Waals surface area contributed by atoms with Crippen LogP contribution in [0.25, 0.3) is 0 Å². The molecule has 0 unspecified atom stereocenters. The Kier molecular flexibility index (Phi) is 5.96. The summed E-state index contributed by atoms with van der Waals surface area (Å²) in [7, 11) is 0. The number of benzene rings is 1. The van der Waals surface area contributed by atoms with E-state index < -0.39 is 5.97 Å². The van der Waals surface area contributed by atoms with Gasteiger partial charge in [-0.05, 0) is 18.9 Å². The minimum absolute atomic E-state index is 0.0357. The number of halogens is 2. The smallest absolute Gasteiger partial charge is 0.305 e. The predicted octanol–water partition coefficient (Wildman–Crippen LogP) is 2.93.